The molecule has 3 aromatic rings. The highest BCUT2D eigenvalue weighted by Crippen LogP contribution is 2.33. The number of nitrogens with two attached hydrogens (primary N) is 1. The highest BCUT2D eigenvalue weighted by Gasteiger charge is 2.06. The molecule has 0 bridgehead atoms. The molecule has 1 aromatic heterocycles. The molecule has 0 saturated carbocycles. The van der Waals surface area contributed by atoms with Crippen LogP contribution in [0.1, 0.15) is 5.56 Å². The Bertz CT molecular complexity index is 783. The van der Waals surface area contributed by atoms with Gasteiger partial charge in [0.25, 0.3) is 0 Å². The van der Waals surface area contributed by atoms with Crippen LogP contribution in [0.15, 0.2) is 47.8 Å². The third kappa shape index (κ3) is 2.12. The maximum atomic E-state index is 8.93. The van der Waals surface area contributed by atoms with Gasteiger partial charge in [-0.3, -0.25) is 0 Å². The summed E-state index contributed by atoms with van der Waals surface area (Å²) in [6.45, 7) is 0. The number of nitrogens with zero attached hydrogens (tertiary/aromatic N) is 1. The Labute approximate surface area is 114 Å². The van der Waals surface area contributed by atoms with Gasteiger partial charge in [-0.15, -0.1) is 11.3 Å². The van der Waals surface area contributed by atoms with E-state index in [9.17, 15) is 0 Å². The molecule has 3 rings (SSSR count). The Balaban J connectivity index is 2.04. The maximum absolute atomic E-state index is 8.93. The van der Waals surface area contributed by atoms with Crippen LogP contribution >= 0.6 is 11.3 Å². The first-order chi connectivity index (χ1) is 9.28. The highest BCUT2D eigenvalue weighted by atomic mass is 32.1. The van der Waals surface area contributed by atoms with Crippen LogP contribution in [0.5, 0.6) is 0 Å². The predicted octanol–water partition coefficient (Wildman–Crippen LogP) is 4.10. The molecule has 3 N–H and O–H groups in total. The van der Waals surface area contributed by atoms with E-state index in [2.05, 4.69) is 28.9 Å². The Hall–Kier alpha value is -2.51. The third-order valence-corrected chi connectivity index (χ3v) is 3.90. The minimum Gasteiger partial charge on any atom is -0.397 e. The second kappa shape index (κ2) is 4.63. The Morgan fingerprint density at radius 2 is 1.95 bits per heavy atom. The molecule has 0 aliphatic carbocycles. The molecule has 0 fully saturated rings. The number of thiophene rings is 1. The number of nitrogens with one attached hydrogen (secondary N) is 1. The van der Waals surface area contributed by atoms with Gasteiger partial charge in [-0.1, -0.05) is 18.2 Å². The van der Waals surface area contributed by atoms with Gasteiger partial charge in [0.1, 0.15) is 0 Å². The molecule has 0 unspecified atom stereocenters. The zero-order valence-corrected chi connectivity index (χ0v) is 10.9. The summed E-state index contributed by atoms with van der Waals surface area (Å²) in [7, 11) is 0. The van der Waals surface area contributed by atoms with E-state index in [4.69, 9.17) is 11.0 Å². The van der Waals surface area contributed by atoms with E-state index in [0.29, 0.717) is 11.3 Å². The van der Waals surface area contributed by atoms with Crippen molar-refractivity contribution in [1.29, 1.82) is 5.26 Å². The van der Waals surface area contributed by atoms with E-state index >= 15 is 0 Å². The van der Waals surface area contributed by atoms with Crippen molar-refractivity contribution >= 4 is 38.5 Å². The largest absolute Gasteiger partial charge is 0.397 e. The highest BCUT2D eigenvalue weighted by molar-refractivity contribution is 7.17. The lowest BCUT2D eigenvalue weighted by atomic mass is 10.1. The minimum atomic E-state index is 0.594. The van der Waals surface area contributed by atoms with Crippen LogP contribution in [0.4, 0.5) is 17.1 Å². The molecule has 1 heterocycles. The number of benzene rings is 2. The van der Waals surface area contributed by atoms with Gasteiger partial charge in [-0.2, -0.15) is 5.26 Å². The smallest absolute Gasteiger partial charge is 0.0992 e. The lowest BCUT2D eigenvalue weighted by molar-refractivity contribution is 1.48. The van der Waals surface area contributed by atoms with Gasteiger partial charge >= 0.3 is 0 Å². The van der Waals surface area contributed by atoms with Crippen molar-refractivity contribution in [2.24, 2.45) is 0 Å². The van der Waals surface area contributed by atoms with Crippen LogP contribution in [-0.4, -0.2) is 0 Å². The quantitative estimate of drug-likeness (QED) is 0.686. The zero-order chi connectivity index (χ0) is 13.2. The van der Waals surface area contributed by atoms with E-state index in [1.54, 1.807) is 29.5 Å². The SMILES string of the molecule is N#Cc1ccc(N)c(Nc2csc3ccccc23)c1. The normalized spacial score (nSPS) is 10.3. The molecule has 0 spiro atoms. The second-order valence-corrected chi connectivity index (χ2v) is 5.10. The fraction of sp³-hybridized carbons (Fsp3) is 0. The van der Waals surface area contributed by atoms with Crippen LogP contribution in [0.25, 0.3) is 10.1 Å². The minimum absolute atomic E-state index is 0.594. The molecule has 19 heavy (non-hydrogen) atoms. The standard InChI is InChI=1S/C15H11N3S/c16-8-10-5-6-12(17)13(7-10)18-14-9-19-15-4-2-1-3-11(14)15/h1-7,9,18H,17H2. The average Bonchev–Trinajstić information content (AvgIpc) is 2.85. The van der Waals surface area contributed by atoms with Crippen LogP contribution < -0.4 is 11.1 Å². The summed E-state index contributed by atoms with van der Waals surface area (Å²) in [6, 6.07) is 15.5. The molecule has 3 nitrogen and oxygen atoms in total. The van der Waals surface area contributed by atoms with Crippen LogP contribution in [-0.2, 0) is 0 Å². The summed E-state index contributed by atoms with van der Waals surface area (Å²) in [5.74, 6) is 0. The van der Waals surface area contributed by atoms with Gasteiger partial charge in [-0.25, -0.2) is 0 Å². The molecule has 4 heteroatoms. The predicted molar refractivity (Wildman–Crippen MR) is 80.7 cm³/mol. The first-order valence-corrected chi connectivity index (χ1v) is 6.69. The lowest BCUT2D eigenvalue weighted by Crippen LogP contribution is -1.96. The number of rotatable bonds is 2. The molecule has 0 saturated heterocycles. The van der Waals surface area contributed by atoms with Crippen LogP contribution in [0.3, 0.4) is 0 Å². The molecule has 92 valence electrons. The number of nitriles is 1. The first-order valence-electron chi connectivity index (χ1n) is 5.81. The molecule has 0 aliphatic heterocycles. The maximum Gasteiger partial charge on any atom is 0.0992 e. The van der Waals surface area contributed by atoms with Crippen molar-refractivity contribution in [2.75, 3.05) is 11.1 Å². The Morgan fingerprint density at radius 3 is 2.79 bits per heavy atom. The Kier molecular flexibility index (Phi) is 2.82. The summed E-state index contributed by atoms with van der Waals surface area (Å²) in [5, 5.41) is 15.5. The van der Waals surface area contributed by atoms with Gasteiger partial charge in [0.2, 0.25) is 0 Å². The van der Waals surface area contributed by atoms with Crippen molar-refractivity contribution in [3.8, 4) is 6.07 Å². The summed E-state index contributed by atoms with van der Waals surface area (Å²) >= 11 is 1.68. The van der Waals surface area contributed by atoms with Gasteiger partial charge in [0.05, 0.1) is 28.7 Å². The van der Waals surface area contributed by atoms with E-state index in [1.165, 1.54) is 4.70 Å². The summed E-state index contributed by atoms with van der Waals surface area (Å²) in [6.07, 6.45) is 0. The Morgan fingerprint density at radius 1 is 1.11 bits per heavy atom. The van der Waals surface area contributed by atoms with Gasteiger partial charge in [0.15, 0.2) is 0 Å². The second-order valence-electron chi connectivity index (χ2n) is 4.18. The number of fused-ring (bicyclic) bond motifs is 1. The van der Waals surface area contributed by atoms with Crippen molar-refractivity contribution in [3.63, 3.8) is 0 Å². The van der Waals surface area contributed by atoms with Gasteiger partial charge in [0, 0.05) is 15.5 Å². The molecular formula is C15H11N3S. The molecular weight excluding hydrogens is 254 g/mol. The number of anilines is 3. The van der Waals surface area contributed by atoms with E-state index in [-0.39, 0.29) is 0 Å². The molecule has 2 aromatic carbocycles. The fourth-order valence-corrected chi connectivity index (χ4v) is 2.85. The molecule has 0 amide bonds. The zero-order valence-electron chi connectivity index (χ0n) is 10.1. The monoisotopic (exact) mass is 265 g/mol. The lowest BCUT2D eigenvalue weighted by Gasteiger charge is -2.08. The molecule has 0 radical (unpaired) electrons. The number of hydrogen-bond acceptors (Lipinski definition) is 4. The third-order valence-electron chi connectivity index (χ3n) is 2.93. The summed E-state index contributed by atoms with van der Waals surface area (Å²) in [5.41, 5.74) is 8.95. The van der Waals surface area contributed by atoms with Crippen molar-refractivity contribution in [2.45, 2.75) is 0 Å². The van der Waals surface area contributed by atoms with Crippen molar-refractivity contribution in [1.82, 2.24) is 0 Å². The van der Waals surface area contributed by atoms with Crippen molar-refractivity contribution < 1.29 is 0 Å². The van der Waals surface area contributed by atoms with Crippen LogP contribution in [0, 0.1) is 11.3 Å². The number of nitrogen functional groups attached to an aromatic ring is 1. The molecule has 0 aliphatic rings. The summed E-state index contributed by atoms with van der Waals surface area (Å²) in [4.78, 5) is 0. The summed E-state index contributed by atoms with van der Waals surface area (Å²) < 4.78 is 1.22. The van der Waals surface area contributed by atoms with Gasteiger partial charge in [-0.05, 0) is 24.3 Å². The van der Waals surface area contributed by atoms with E-state index in [1.807, 2.05) is 12.1 Å². The van der Waals surface area contributed by atoms with E-state index < -0.39 is 0 Å². The first kappa shape index (κ1) is 11.6. The number of hydrogen-bond donors (Lipinski definition) is 2. The van der Waals surface area contributed by atoms with Crippen LogP contribution in [0.2, 0.25) is 0 Å². The average molecular weight is 265 g/mol. The molecule has 0 atom stereocenters. The topological polar surface area (TPSA) is 61.8 Å². The van der Waals surface area contributed by atoms with E-state index in [0.717, 1.165) is 16.8 Å². The van der Waals surface area contributed by atoms with Crippen molar-refractivity contribution in [3.05, 3.63) is 53.4 Å². The fourth-order valence-electron chi connectivity index (χ4n) is 1.95. The van der Waals surface area contributed by atoms with Gasteiger partial charge < -0.3 is 11.1 Å².